The topological polar surface area (TPSA) is 69.6 Å². The summed E-state index contributed by atoms with van der Waals surface area (Å²) in [4.78, 5) is 24.6. The molecule has 2 fully saturated rings. The average molecular weight is 300 g/mol. The lowest BCUT2D eigenvalue weighted by Gasteiger charge is -2.29. The van der Waals surface area contributed by atoms with E-state index in [4.69, 9.17) is 5.11 Å². The van der Waals surface area contributed by atoms with Crippen molar-refractivity contribution in [1.29, 1.82) is 0 Å². The highest BCUT2D eigenvalue weighted by atomic mass is 32.2. The Bertz CT molecular complexity index is 365. The Morgan fingerprint density at radius 3 is 2.50 bits per heavy atom. The third kappa shape index (κ3) is 4.04. The second-order valence-electron chi connectivity index (χ2n) is 5.82. The first-order valence-electron chi connectivity index (χ1n) is 7.38. The van der Waals surface area contributed by atoms with Crippen molar-refractivity contribution in [1.82, 2.24) is 10.2 Å². The van der Waals surface area contributed by atoms with Gasteiger partial charge >= 0.3 is 12.0 Å². The monoisotopic (exact) mass is 300 g/mol. The predicted molar refractivity (Wildman–Crippen MR) is 80.1 cm³/mol. The minimum atomic E-state index is -0.847. The van der Waals surface area contributed by atoms with E-state index in [0.29, 0.717) is 13.1 Å². The highest BCUT2D eigenvalue weighted by molar-refractivity contribution is 8.00. The molecule has 5 nitrogen and oxygen atoms in total. The first-order valence-corrected chi connectivity index (χ1v) is 8.60. The molecule has 2 rings (SSSR count). The van der Waals surface area contributed by atoms with Crippen LogP contribution >= 0.6 is 11.8 Å². The van der Waals surface area contributed by atoms with Crippen LogP contribution in [0.2, 0.25) is 0 Å². The van der Waals surface area contributed by atoms with Gasteiger partial charge in [-0.2, -0.15) is 11.8 Å². The Morgan fingerprint density at radius 1 is 1.35 bits per heavy atom. The minimum absolute atomic E-state index is 0.0254. The summed E-state index contributed by atoms with van der Waals surface area (Å²) in [5, 5.41) is 11.8. The van der Waals surface area contributed by atoms with Gasteiger partial charge in [-0.25, -0.2) is 4.79 Å². The van der Waals surface area contributed by atoms with Gasteiger partial charge in [0.15, 0.2) is 0 Å². The molecule has 2 N–H and O–H groups in total. The van der Waals surface area contributed by atoms with Crippen molar-refractivity contribution in [2.45, 2.75) is 55.7 Å². The van der Waals surface area contributed by atoms with Crippen molar-refractivity contribution in [3.8, 4) is 0 Å². The van der Waals surface area contributed by atoms with Crippen LogP contribution in [-0.2, 0) is 4.79 Å². The number of urea groups is 1. The van der Waals surface area contributed by atoms with Crippen molar-refractivity contribution in [3.05, 3.63) is 0 Å². The maximum Gasteiger partial charge on any atom is 0.317 e. The molecule has 0 heterocycles. The largest absolute Gasteiger partial charge is 0.481 e. The van der Waals surface area contributed by atoms with E-state index in [2.05, 4.69) is 11.6 Å². The molecular formula is C14H24N2O3S. The molecule has 6 heteroatoms. The number of rotatable bonds is 7. The van der Waals surface area contributed by atoms with Gasteiger partial charge in [0.25, 0.3) is 0 Å². The van der Waals surface area contributed by atoms with Gasteiger partial charge in [0.1, 0.15) is 0 Å². The summed E-state index contributed by atoms with van der Waals surface area (Å²) in [7, 11) is 0. The zero-order chi connectivity index (χ0) is 14.6. The molecule has 2 aliphatic rings. The van der Waals surface area contributed by atoms with E-state index in [1.54, 1.807) is 4.90 Å². The molecule has 0 bridgehead atoms. The number of hydrogen-bond acceptors (Lipinski definition) is 3. The van der Waals surface area contributed by atoms with Crippen LogP contribution in [0, 0.1) is 0 Å². The summed E-state index contributed by atoms with van der Waals surface area (Å²) < 4.78 is 0.192. The first-order chi connectivity index (χ1) is 9.56. The molecule has 0 spiro atoms. The van der Waals surface area contributed by atoms with Crippen LogP contribution < -0.4 is 5.32 Å². The Labute approximate surface area is 124 Å². The molecule has 0 aromatic heterocycles. The normalized spacial score (nSPS) is 20.6. The van der Waals surface area contributed by atoms with Gasteiger partial charge in [0, 0.05) is 23.9 Å². The standard InChI is InChI=1S/C14H24N2O3S/c1-20-14(7-2-3-8-14)10-15-13(19)16(11-4-5-11)9-6-12(17)18/h11H,2-10H2,1H3,(H,15,19)(H,17,18). The second kappa shape index (κ2) is 6.70. The van der Waals surface area contributed by atoms with Gasteiger partial charge in [-0.05, 0) is 31.9 Å². The number of carbonyl (C=O) groups excluding carboxylic acids is 1. The lowest BCUT2D eigenvalue weighted by atomic mass is 10.1. The number of nitrogens with one attached hydrogen (secondary N) is 1. The Morgan fingerprint density at radius 2 is 2.00 bits per heavy atom. The maximum absolute atomic E-state index is 12.3. The first kappa shape index (κ1) is 15.5. The second-order valence-corrected chi connectivity index (χ2v) is 7.10. The summed E-state index contributed by atoms with van der Waals surface area (Å²) >= 11 is 1.85. The lowest BCUT2D eigenvalue weighted by Crippen LogP contribution is -2.47. The van der Waals surface area contributed by atoms with Crippen LogP contribution in [-0.4, -0.2) is 52.1 Å². The van der Waals surface area contributed by atoms with Crippen molar-refractivity contribution in [2.75, 3.05) is 19.3 Å². The zero-order valence-corrected chi connectivity index (χ0v) is 12.9. The Hall–Kier alpha value is -0.910. The molecule has 20 heavy (non-hydrogen) atoms. The minimum Gasteiger partial charge on any atom is -0.481 e. The van der Waals surface area contributed by atoms with Gasteiger partial charge in [0.05, 0.1) is 6.42 Å². The number of thioether (sulfide) groups is 1. The van der Waals surface area contributed by atoms with Crippen molar-refractivity contribution >= 4 is 23.8 Å². The fourth-order valence-corrected chi connectivity index (χ4v) is 3.78. The number of aliphatic carboxylic acids is 1. The fourth-order valence-electron chi connectivity index (χ4n) is 2.86. The molecule has 0 aromatic rings. The summed E-state index contributed by atoms with van der Waals surface area (Å²) in [6.45, 7) is 1.02. The molecular weight excluding hydrogens is 276 g/mol. The summed E-state index contributed by atoms with van der Waals surface area (Å²) in [6.07, 6.45) is 8.93. The summed E-state index contributed by atoms with van der Waals surface area (Å²) in [5.74, 6) is -0.847. The van der Waals surface area contributed by atoms with Gasteiger partial charge in [0.2, 0.25) is 0 Å². The molecule has 0 atom stereocenters. The fraction of sp³-hybridized carbons (Fsp3) is 0.857. The van der Waals surface area contributed by atoms with Crippen LogP contribution in [0.4, 0.5) is 4.79 Å². The molecule has 114 valence electrons. The Kier molecular flexibility index (Phi) is 5.18. The van der Waals surface area contributed by atoms with E-state index >= 15 is 0 Å². The number of hydrogen-bond donors (Lipinski definition) is 2. The van der Waals surface area contributed by atoms with Gasteiger partial charge in [-0.3, -0.25) is 4.79 Å². The smallest absolute Gasteiger partial charge is 0.317 e. The lowest BCUT2D eigenvalue weighted by molar-refractivity contribution is -0.137. The third-order valence-electron chi connectivity index (χ3n) is 4.32. The maximum atomic E-state index is 12.3. The molecule has 2 aliphatic carbocycles. The molecule has 0 saturated heterocycles. The van der Waals surface area contributed by atoms with Crippen LogP contribution in [0.25, 0.3) is 0 Å². The summed E-state index contributed by atoms with van der Waals surface area (Å²) in [6, 6.07) is 0.164. The van der Waals surface area contributed by atoms with Crippen LogP contribution in [0.1, 0.15) is 44.9 Å². The molecule has 2 saturated carbocycles. The predicted octanol–water partition coefficient (Wildman–Crippen LogP) is 2.31. The van der Waals surface area contributed by atoms with Gasteiger partial charge < -0.3 is 15.3 Å². The van der Waals surface area contributed by atoms with Crippen molar-refractivity contribution in [3.63, 3.8) is 0 Å². The average Bonchev–Trinajstić information content (AvgIpc) is 3.15. The molecule has 0 unspecified atom stereocenters. The summed E-state index contributed by atoms with van der Waals surface area (Å²) in [5.41, 5.74) is 0. The zero-order valence-electron chi connectivity index (χ0n) is 12.1. The number of carboxylic acid groups (broad SMARTS) is 1. The SMILES string of the molecule is CSC1(CNC(=O)N(CCC(=O)O)C2CC2)CCCC1. The van der Waals surface area contributed by atoms with Crippen LogP contribution in [0.15, 0.2) is 0 Å². The number of nitrogens with zero attached hydrogens (tertiary/aromatic N) is 1. The number of carboxylic acids is 1. The third-order valence-corrected chi connectivity index (χ3v) is 5.74. The number of carbonyl (C=O) groups is 2. The van der Waals surface area contributed by atoms with Gasteiger partial charge in [-0.15, -0.1) is 0 Å². The van der Waals surface area contributed by atoms with Crippen molar-refractivity contribution < 1.29 is 14.7 Å². The highest BCUT2D eigenvalue weighted by Crippen LogP contribution is 2.39. The molecule has 0 aromatic carbocycles. The van der Waals surface area contributed by atoms with Crippen LogP contribution in [0.3, 0.4) is 0 Å². The quantitative estimate of drug-likeness (QED) is 0.757. The highest BCUT2D eigenvalue weighted by Gasteiger charge is 2.36. The Balaban J connectivity index is 1.83. The van der Waals surface area contributed by atoms with E-state index in [1.807, 2.05) is 11.8 Å². The van der Waals surface area contributed by atoms with E-state index in [0.717, 1.165) is 25.7 Å². The van der Waals surface area contributed by atoms with E-state index in [1.165, 1.54) is 12.8 Å². The molecule has 0 radical (unpaired) electrons. The molecule has 2 amide bonds. The van der Waals surface area contributed by atoms with E-state index < -0.39 is 5.97 Å². The number of amides is 2. The van der Waals surface area contributed by atoms with Crippen molar-refractivity contribution in [2.24, 2.45) is 0 Å². The van der Waals surface area contributed by atoms with Crippen LogP contribution in [0.5, 0.6) is 0 Å². The molecule has 0 aliphatic heterocycles. The van der Waals surface area contributed by atoms with E-state index in [-0.39, 0.29) is 23.2 Å². The van der Waals surface area contributed by atoms with Gasteiger partial charge in [-0.1, -0.05) is 12.8 Å². The van der Waals surface area contributed by atoms with E-state index in [9.17, 15) is 9.59 Å².